The number of phenols is 1. The van der Waals surface area contributed by atoms with Gasteiger partial charge in [-0.15, -0.1) is 0 Å². The Balaban J connectivity index is 2.45. The van der Waals surface area contributed by atoms with Crippen molar-refractivity contribution in [1.82, 2.24) is 0 Å². The Kier molecular flexibility index (Phi) is 3.19. The van der Waals surface area contributed by atoms with Crippen molar-refractivity contribution in [3.05, 3.63) is 29.8 Å². The number of thiol groups is 1. The van der Waals surface area contributed by atoms with E-state index in [0.29, 0.717) is 11.7 Å². The first-order valence-electron chi connectivity index (χ1n) is 6.36. The van der Waals surface area contributed by atoms with Crippen molar-refractivity contribution in [2.75, 3.05) is 0 Å². The van der Waals surface area contributed by atoms with Gasteiger partial charge in [-0.25, -0.2) is 0 Å². The highest BCUT2D eigenvalue weighted by atomic mass is 32.1. The predicted molar refractivity (Wildman–Crippen MR) is 75.6 cm³/mol. The van der Waals surface area contributed by atoms with Gasteiger partial charge in [0.25, 0.3) is 0 Å². The summed E-state index contributed by atoms with van der Waals surface area (Å²) in [5, 5.41) is 10.1. The Morgan fingerprint density at radius 3 is 2.53 bits per heavy atom. The van der Waals surface area contributed by atoms with E-state index in [9.17, 15) is 5.11 Å². The van der Waals surface area contributed by atoms with E-state index in [1.165, 1.54) is 12.8 Å². The monoisotopic (exact) mass is 250 g/mol. The van der Waals surface area contributed by atoms with Crippen molar-refractivity contribution in [1.29, 1.82) is 0 Å². The Bertz CT molecular complexity index is 408. The average Bonchev–Trinajstić information content (AvgIpc) is 2.61. The van der Waals surface area contributed by atoms with Crippen LogP contribution in [0.25, 0.3) is 0 Å². The smallest absolute Gasteiger partial charge is 0.120 e. The number of rotatable bonds is 1. The summed E-state index contributed by atoms with van der Waals surface area (Å²) >= 11 is 4.97. The van der Waals surface area contributed by atoms with Gasteiger partial charge in [0.05, 0.1) is 0 Å². The summed E-state index contributed by atoms with van der Waals surface area (Å²) in [6.07, 6.45) is 3.44. The Morgan fingerprint density at radius 2 is 1.94 bits per heavy atom. The van der Waals surface area contributed by atoms with Crippen LogP contribution < -0.4 is 0 Å². The third-order valence-corrected chi connectivity index (χ3v) is 4.82. The van der Waals surface area contributed by atoms with Gasteiger partial charge >= 0.3 is 0 Å². The topological polar surface area (TPSA) is 20.2 Å². The minimum atomic E-state index is -0.177. The lowest BCUT2D eigenvalue weighted by Gasteiger charge is -2.40. The molecule has 0 aliphatic heterocycles. The number of hydrogen-bond donors (Lipinski definition) is 2. The molecule has 17 heavy (non-hydrogen) atoms. The van der Waals surface area contributed by atoms with E-state index in [0.717, 1.165) is 12.0 Å². The molecule has 0 spiro atoms. The van der Waals surface area contributed by atoms with Crippen molar-refractivity contribution in [2.24, 2.45) is 11.3 Å². The molecule has 0 bridgehead atoms. The molecule has 0 heterocycles. The second-order valence-corrected chi connectivity index (χ2v) is 7.05. The lowest BCUT2D eigenvalue weighted by molar-refractivity contribution is 0.206. The fourth-order valence-corrected chi connectivity index (χ4v) is 4.16. The molecule has 0 aromatic heterocycles. The van der Waals surface area contributed by atoms with E-state index in [1.807, 2.05) is 18.2 Å². The largest absolute Gasteiger partial charge is 0.508 e. The molecule has 1 aromatic rings. The van der Waals surface area contributed by atoms with Crippen molar-refractivity contribution < 1.29 is 5.11 Å². The molecule has 94 valence electrons. The van der Waals surface area contributed by atoms with Crippen LogP contribution in [-0.2, 0) is 4.75 Å². The molecule has 1 aromatic carbocycles. The molecule has 0 radical (unpaired) electrons. The van der Waals surface area contributed by atoms with E-state index in [4.69, 9.17) is 12.6 Å². The van der Waals surface area contributed by atoms with Crippen LogP contribution in [0.5, 0.6) is 5.75 Å². The number of phenolic OH excluding ortho intramolecular Hbond substituents is 1. The molecule has 0 saturated heterocycles. The zero-order chi connectivity index (χ0) is 12.7. The van der Waals surface area contributed by atoms with Gasteiger partial charge < -0.3 is 5.11 Å². The van der Waals surface area contributed by atoms with Crippen molar-refractivity contribution in [2.45, 2.75) is 44.8 Å². The molecule has 2 unspecified atom stereocenters. The van der Waals surface area contributed by atoms with Crippen LogP contribution in [-0.4, -0.2) is 5.11 Å². The maximum Gasteiger partial charge on any atom is 0.120 e. The van der Waals surface area contributed by atoms with Crippen molar-refractivity contribution in [3.8, 4) is 5.75 Å². The molecule has 1 N–H and O–H groups in total. The summed E-state index contributed by atoms with van der Waals surface area (Å²) in [6.45, 7) is 6.82. The van der Waals surface area contributed by atoms with Gasteiger partial charge in [-0.2, -0.15) is 12.6 Å². The first kappa shape index (κ1) is 12.8. The maximum atomic E-state index is 10.1. The number of hydrogen-bond acceptors (Lipinski definition) is 2. The van der Waals surface area contributed by atoms with E-state index >= 15 is 0 Å². The zero-order valence-corrected chi connectivity index (χ0v) is 11.8. The quantitative estimate of drug-likeness (QED) is 0.709. The van der Waals surface area contributed by atoms with Crippen LogP contribution in [0.3, 0.4) is 0 Å². The van der Waals surface area contributed by atoms with E-state index < -0.39 is 0 Å². The van der Waals surface area contributed by atoms with Gasteiger partial charge in [-0.3, -0.25) is 0 Å². The van der Waals surface area contributed by atoms with Gasteiger partial charge in [0, 0.05) is 10.3 Å². The van der Waals surface area contributed by atoms with Gasteiger partial charge in [0.1, 0.15) is 5.75 Å². The second kappa shape index (κ2) is 4.24. The van der Waals surface area contributed by atoms with E-state index in [2.05, 4.69) is 20.8 Å². The van der Waals surface area contributed by atoms with Gasteiger partial charge in [0.2, 0.25) is 0 Å². The van der Waals surface area contributed by atoms with Crippen LogP contribution in [0.2, 0.25) is 0 Å². The van der Waals surface area contributed by atoms with E-state index in [-0.39, 0.29) is 10.2 Å². The summed E-state index contributed by atoms with van der Waals surface area (Å²) in [5.74, 6) is 0.894. The standard InChI is InChI=1S/C15H22OS/c1-14(2,3)13-9-6-10-15(13,17)11-7-4-5-8-12(11)16/h4-5,7-8,13,16-17H,6,9-10H2,1-3H3. The van der Waals surface area contributed by atoms with Crippen LogP contribution in [0.4, 0.5) is 0 Å². The average molecular weight is 250 g/mol. The molecule has 1 aliphatic carbocycles. The highest BCUT2D eigenvalue weighted by Crippen LogP contribution is 2.56. The van der Waals surface area contributed by atoms with Crippen LogP contribution in [0.15, 0.2) is 24.3 Å². The Hall–Kier alpha value is -0.630. The molecule has 1 fully saturated rings. The van der Waals surface area contributed by atoms with Gasteiger partial charge in [-0.05, 0) is 30.2 Å². The molecule has 1 aliphatic rings. The maximum absolute atomic E-state index is 10.1. The minimum absolute atomic E-state index is 0.177. The number of para-hydroxylation sites is 1. The van der Waals surface area contributed by atoms with Crippen molar-refractivity contribution in [3.63, 3.8) is 0 Å². The summed E-state index contributed by atoms with van der Waals surface area (Å²) < 4.78 is -0.177. The summed E-state index contributed by atoms with van der Waals surface area (Å²) in [4.78, 5) is 0. The third-order valence-electron chi connectivity index (χ3n) is 4.04. The van der Waals surface area contributed by atoms with Crippen LogP contribution in [0.1, 0.15) is 45.6 Å². The molecule has 2 heteroatoms. The van der Waals surface area contributed by atoms with Crippen molar-refractivity contribution >= 4 is 12.6 Å². The Morgan fingerprint density at radius 1 is 1.29 bits per heavy atom. The molecule has 2 atom stereocenters. The van der Waals surface area contributed by atoms with E-state index in [1.54, 1.807) is 6.07 Å². The van der Waals surface area contributed by atoms with Crippen LogP contribution >= 0.6 is 12.6 Å². The number of benzene rings is 1. The third kappa shape index (κ3) is 2.20. The summed E-state index contributed by atoms with van der Waals surface area (Å²) in [5.41, 5.74) is 1.22. The second-order valence-electron chi connectivity index (χ2n) is 6.25. The first-order chi connectivity index (χ1) is 7.86. The van der Waals surface area contributed by atoms with Gasteiger partial charge in [0.15, 0.2) is 0 Å². The fraction of sp³-hybridized carbons (Fsp3) is 0.600. The number of aromatic hydroxyl groups is 1. The fourth-order valence-electron chi connectivity index (χ4n) is 3.30. The Labute approximate surface area is 110 Å². The van der Waals surface area contributed by atoms with Gasteiger partial charge in [-0.1, -0.05) is 45.4 Å². The lowest BCUT2D eigenvalue weighted by Crippen LogP contribution is -2.33. The first-order valence-corrected chi connectivity index (χ1v) is 6.81. The van der Waals surface area contributed by atoms with Crippen LogP contribution in [0, 0.1) is 11.3 Å². The molecular weight excluding hydrogens is 228 g/mol. The SMILES string of the molecule is CC(C)(C)C1CCCC1(S)c1ccccc1O. The normalized spacial score (nSPS) is 29.5. The lowest BCUT2D eigenvalue weighted by atomic mass is 9.72. The zero-order valence-electron chi connectivity index (χ0n) is 10.9. The minimum Gasteiger partial charge on any atom is -0.508 e. The summed E-state index contributed by atoms with van der Waals surface area (Å²) in [7, 11) is 0. The molecule has 0 amide bonds. The molecular formula is C15H22OS. The highest BCUT2D eigenvalue weighted by Gasteiger charge is 2.47. The molecule has 1 saturated carbocycles. The molecule has 1 nitrogen and oxygen atoms in total. The summed E-state index contributed by atoms with van der Waals surface area (Å²) in [6, 6.07) is 7.65. The predicted octanol–water partition coefficient (Wildman–Crippen LogP) is 4.36. The highest BCUT2D eigenvalue weighted by molar-refractivity contribution is 7.81. The molecule has 2 rings (SSSR count).